The van der Waals surface area contributed by atoms with Gasteiger partial charge < -0.3 is 10.6 Å². The van der Waals surface area contributed by atoms with E-state index in [-0.39, 0.29) is 11.9 Å². The van der Waals surface area contributed by atoms with Crippen LogP contribution in [0, 0.1) is 0 Å². The minimum atomic E-state index is 0.0579. The maximum absolute atomic E-state index is 12.3. The number of hydrogen-bond acceptors (Lipinski definition) is 2. The molecule has 4 heteroatoms. The Balaban J connectivity index is 2.97. The first kappa shape index (κ1) is 14.0. The smallest absolute Gasteiger partial charge is 0.254 e. The van der Waals surface area contributed by atoms with Gasteiger partial charge in [0.05, 0.1) is 0 Å². The van der Waals surface area contributed by atoms with Crippen molar-refractivity contribution in [2.24, 2.45) is 0 Å². The van der Waals surface area contributed by atoms with E-state index in [0.717, 1.165) is 17.4 Å². The lowest BCUT2D eigenvalue weighted by molar-refractivity contribution is 0.0706. The number of nitrogens with zero attached hydrogens (tertiary/aromatic N) is 1. The normalized spacial score (nSPS) is 10.6. The molecule has 1 aromatic rings. The predicted octanol–water partition coefficient (Wildman–Crippen LogP) is 3.29. The second kappa shape index (κ2) is 6.05. The Hall–Kier alpha value is -1.03. The van der Waals surface area contributed by atoms with E-state index in [9.17, 15) is 4.79 Å². The van der Waals surface area contributed by atoms with E-state index < -0.39 is 0 Å². The zero-order chi connectivity index (χ0) is 13.0. The van der Waals surface area contributed by atoms with E-state index in [1.807, 2.05) is 18.7 Å². The van der Waals surface area contributed by atoms with Gasteiger partial charge in [-0.25, -0.2) is 0 Å². The highest BCUT2D eigenvalue weighted by Gasteiger charge is 2.18. The number of rotatable bonds is 4. The molecule has 17 heavy (non-hydrogen) atoms. The molecule has 0 bridgehead atoms. The molecule has 0 saturated heterocycles. The summed E-state index contributed by atoms with van der Waals surface area (Å²) in [5.74, 6) is 0.0579. The summed E-state index contributed by atoms with van der Waals surface area (Å²) in [6.45, 7) is 6.90. The number of hydrogen-bond donors (Lipinski definition) is 1. The minimum Gasteiger partial charge on any atom is -0.398 e. The van der Waals surface area contributed by atoms with Crippen molar-refractivity contribution in [3.63, 3.8) is 0 Å². The number of amides is 1. The summed E-state index contributed by atoms with van der Waals surface area (Å²) in [5.41, 5.74) is 7.03. The third-order valence-electron chi connectivity index (χ3n) is 2.60. The number of carbonyl (C=O) groups excluding carboxylic acids is 1. The van der Waals surface area contributed by atoms with Gasteiger partial charge in [-0.1, -0.05) is 6.92 Å². The average Bonchev–Trinajstić information content (AvgIpc) is 2.28. The van der Waals surface area contributed by atoms with Gasteiger partial charge in [0.2, 0.25) is 0 Å². The van der Waals surface area contributed by atoms with Crippen LogP contribution in [0.25, 0.3) is 0 Å². The molecule has 0 atom stereocenters. The number of anilines is 1. The van der Waals surface area contributed by atoms with Crippen molar-refractivity contribution >= 4 is 27.5 Å². The first-order valence-electron chi connectivity index (χ1n) is 5.83. The van der Waals surface area contributed by atoms with Gasteiger partial charge in [-0.3, -0.25) is 4.79 Å². The topological polar surface area (TPSA) is 46.3 Å². The van der Waals surface area contributed by atoms with Crippen molar-refractivity contribution in [3.05, 3.63) is 28.2 Å². The molecule has 0 heterocycles. The van der Waals surface area contributed by atoms with Crippen molar-refractivity contribution in [2.75, 3.05) is 12.3 Å². The van der Waals surface area contributed by atoms with Crippen molar-refractivity contribution in [1.29, 1.82) is 0 Å². The van der Waals surface area contributed by atoms with Crippen LogP contribution >= 0.6 is 15.9 Å². The number of benzene rings is 1. The quantitative estimate of drug-likeness (QED) is 0.867. The van der Waals surface area contributed by atoms with Crippen LogP contribution in [0.2, 0.25) is 0 Å². The zero-order valence-electron chi connectivity index (χ0n) is 10.5. The van der Waals surface area contributed by atoms with Gasteiger partial charge in [-0.15, -0.1) is 0 Å². The van der Waals surface area contributed by atoms with Crippen LogP contribution in [0.1, 0.15) is 37.6 Å². The Bertz CT molecular complexity index is 404. The Morgan fingerprint density at radius 3 is 2.59 bits per heavy atom. The van der Waals surface area contributed by atoms with E-state index in [1.54, 1.807) is 18.2 Å². The minimum absolute atomic E-state index is 0.0579. The molecular formula is C13H19BrN2O. The van der Waals surface area contributed by atoms with E-state index in [1.165, 1.54) is 0 Å². The number of halogens is 1. The van der Waals surface area contributed by atoms with Crippen LogP contribution in [0.3, 0.4) is 0 Å². The van der Waals surface area contributed by atoms with E-state index in [2.05, 4.69) is 22.9 Å². The van der Waals surface area contributed by atoms with Crippen LogP contribution in [0.5, 0.6) is 0 Å². The molecule has 1 rings (SSSR count). The molecule has 0 aliphatic rings. The summed E-state index contributed by atoms with van der Waals surface area (Å²) in [6.07, 6.45) is 0.958. The average molecular weight is 299 g/mol. The highest BCUT2D eigenvalue weighted by atomic mass is 79.9. The van der Waals surface area contributed by atoms with E-state index in [0.29, 0.717) is 11.3 Å². The van der Waals surface area contributed by atoms with E-state index >= 15 is 0 Å². The Kier molecular flexibility index (Phi) is 5.00. The highest BCUT2D eigenvalue weighted by Crippen LogP contribution is 2.21. The number of nitrogen functional groups attached to an aromatic ring is 1. The molecule has 94 valence electrons. The van der Waals surface area contributed by atoms with Gasteiger partial charge in [-0.2, -0.15) is 0 Å². The summed E-state index contributed by atoms with van der Waals surface area (Å²) in [4.78, 5) is 14.2. The van der Waals surface area contributed by atoms with E-state index in [4.69, 9.17) is 5.73 Å². The fourth-order valence-corrected chi connectivity index (χ4v) is 2.04. The first-order chi connectivity index (χ1) is 7.97. The first-order valence-corrected chi connectivity index (χ1v) is 6.62. The van der Waals surface area contributed by atoms with Crippen LogP contribution < -0.4 is 5.73 Å². The molecule has 2 N–H and O–H groups in total. The number of carbonyl (C=O) groups is 1. The van der Waals surface area contributed by atoms with Gasteiger partial charge in [-0.05, 0) is 54.4 Å². The lowest BCUT2D eigenvalue weighted by Crippen LogP contribution is -2.37. The molecule has 0 fully saturated rings. The van der Waals surface area contributed by atoms with Crippen molar-refractivity contribution < 1.29 is 4.79 Å². The Morgan fingerprint density at radius 1 is 1.47 bits per heavy atom. The fraction of sp³-hybridized carbons (Fsp3) is 0.462. The van der Waals surface area contributed by atoms with Crippen LogP contribution in [-0.2, 0) is 0 Å². The summed E-state index contributed by atoms with van der Waals surface area (Å²) in [6, 6.07) is 5.51. The van der Waals surface area contributed by atoms with Gasteiger partial charge >= 0.3 is 0 Å². The highest BCUT2D eigenvalue weighted by molar-refractivity contribution is 9.10. The Morgan fingerprint density at radius 2 is 2.12 bits per heavy atom. The molecule has 0 aliphatic carbocycles. The maximum atomic E-state index is 12.3. The van der Waals surface area contributed by atoms with Gasteiger partial charge in [0, 0.05) is 28.3 Å². The van der Waals surface area contributed by atoms with Gasteiger partial charge in [0.25, 0.3) is 5.91 Å². The molecule has 1 amide bonds. The summed E-state index contributed by atoms with van der Waals surface area (Å²) in [5, 5.41) is 0. The third-order valence-corrected chi connectivity index (χ3v) is 3.28. The second-order valence-electron chi connectivity index (χ2n) is 4.33. The molecule has 0 unspecified atom stereocenters. The maximum Gasteiger partial charge on any atom is 0.254 e. The fourth-order valence-electron chi connectivity index (χ4n) is 1.66. The lowest BCUT2D eigenvalue weighted by Gasteiger charge is -2.26. The third kappa shape index (κ3) is 3.46. The Labute approximate surface area is 111 Å². The molecule has 1 aromatic carbocycles. The zero-order valence-corrected chi connectivity index (χ0v) is 12.1. The molecule has 0 spiro atoms. The van der Waals surface area contributed by atoms with Gasteiger partial charge in [0.1, 0.15) is 0 Å². The molecule has 3 nitrogen and oxygen atoms in total. The second-order valence-corrected chi connectivity index (χ2v) is 5.18. The summed E-state index contributed by atoms with van der Waals surface area (Å²) < 4.78 is 0.767. The molecule has 0 radical (unpaired) electrons. The molecule has 0 aromatic heterocycles. The molecular weight excluding hydrogens is 280 g/mol. The van der Waals surface area contributed by atoms with Crippen molar-refractivity contribution in [1.82, 2.24) is 4.90 Å². The lowest BCUT2D eigenvalue weighted by atomic mass is 10.1. The summed E-state index contributed by atoms with van der Waals surface area (Å²) >= 11 is 3.34. The standard InChI is InChI=1S/C13H19BrN2O/c1-4-7-16(9(2)3)13(17)10-5-6-12(15)11(14)8-10/h5-6,8-9H,4,7,15H2,1-3H3. The molecule has 0 aliphatic heterocycles. The summed E-state index contributed by atoms with van der Waals surface area (Å²) in [7, 11) is 0. The monoisotopic (exact) mass is 298 g/mol. The van der Waals surface area contributed by atoms with Crippen LogP contribution in [0.4, 0.5) is 5.69 Å². The predicted molar refractivity (Wildman–Crippen MR) is 75.0 cm³/mol. The largest absolute Gasteiger partial charge is 0.398 e. The van der Waals surface area contributed by atoms with Crippen LogP contribution in [0.15, 0.2) is 22.7 Å². The molecule has 0 saturated carbocycles. The number of nitrogens with two attached hydrogens (primary N) is 1. The van der Waals surface area contributed by atoms with Crippen LogP contribution in [-0.4, -0.2) is 23.4 Å². The SMILES string of the molecule is CCCN(C(=O)c1ccc(N)c(Br)c1)C(C)C. The van der Waals surface area contributed by atoms with Crippen molar-refractivity contribution in [3.8, 4) is 0 Å². The van der Waals surface area contributed by atoms with Gasteiger partial charge in [0.15, 0.2) is 0 Å². The van der Waals surface area contributed by atoms with Crippen molar-refractivity contribution in [2.45, 2.75) is 33.2 Å².